The summed E-state index contributed by atoms with van der Waals surface area (Å²) in [5.74, 6) is -0.361. The molecule has 1 aromatic heterocycles. The monoisotopic (exact) mass is 355 g/mol. The van der Waals surface area contributed by atoms with E-state index in [0.29, 0.717) is 6.54 Å². The van der Waals surface area contributed by atoms with Crippen LogP contribution in [0, 0.1) is 3.57 Å². The van der Waals surface area contributed by atoms with Crippen LogP contribution in [0.15, 0.2) is 41.5 Å². The van der Waals surface area contributed by atoms with Crippen molar-refractivity contribution in [2.24, 2.45) is 0 Å². The first kappa shape index (κ1) is 12.7. The molecule has 2 rings (SSSR count). The van der Waals surface area contributed by atoms with Crippen LogP contribution in [0.2, 0.25) is 0 Å². The molecule has 0 fully saturated rings. The number of nitrogens with zero attached hydrogens (tertiary/aromatic N) is 1. The molecule has 0 radical (unpaired) electrons. The highest BCUT2D eigenvalue weighted by Crippen LogP contribution is 2.06. The number of hydrogen-bond donors (Lipinski definition) is 2. The van der Waals surface area contributed by atoms with Gasteiger partial charge in [0.05, 0.1) is 6.33 Å². The van der Waals surface area contributed by atoms with Crippen LogP contribution >= 0.6 is 22.6 Å². The first-order chi connectivity index (χ1) is 8.65. The summed E-state index contributed by atoms with van der Waals surface area (Å²) < 4.78 is 1.14. The molecule has 0 saturated carbocycles. The molecule has 0 saturated heterocycles. The fourth-order valence-corrected chi connectivity index (χ4v) is 1.73. The van der Waals surface area contributed by atoms with E-state index in [9.17, 15) is 9.59 Å². The van der Waals surface area contributed by atoms with Gasteiger partial charge in [-0.05, 0) is 40.3 Å². The van der Waals surface area contributed by atoms with Gasteiger partial charge in [-0.3, -0.25) is 9.59 Å². The molecule has 1 heterocycles. The van der Waals surface area contributed by atoms with E-state index in [1.807, 2.05) is 24.3 Å². The number of carbonyl (C=O) groups excluding carboxylic acids is 1. The first-order valence-electron chi connectivity index (χ1n) is 5.22. The van der Waals surface area contributed by atoms with E-state index in [1.165, 1.54) is 12.4 Å². The molecule has 5 nitrogen and oxygen atoms in total. The molecule has 2 aromatic rings. The second-order valence-corrected chi connectivity index (χ2v) is 4.85. The molecular formula is C12H10IN3O2. The molecule has 0 aliphatic carbocycles. The number of benzene rings is 1. The van der Waals surface area contributed by atoms with E-state index in [4.69, 9.17) is 0 Å². The molecule has 1 aromatic carbocycles. The maximum absolute atomic E-state index is 11.7. The smallest absolute Gasteiger partial charge is 0.270 e. The van der Waals surface area contributed by atoms with Crippen molar-refractivity contribution in [2.75, 3.05) is 0 Å². The number of hydrogen-bond acceptors (Lipinski definition) is 3. The van der Waals surface area contributed by atoms with Gasteiger partial charge in [-0.25, -0.2) is 4.98 Å². The van der Waals surface area contributed by atoms with Crippen molar-refractivity contribution in [3.63, 3.8) is 0 Å². The van der Waals surface area contributed by atoms with Crippen LogP contribution in [0.1, 0.15) is 16.1 Å². The summed E-state index contributed by atoms with van der Waals surface area (Å²) in [4.78, 5) is 28.9. The minimum absolute atomic E-state index is 0.115. The molecule has 0 aliphatic heterocycles. The zero-order valence-electron chi connectivity index (χ0n) is 9.31. The number of amides is 1. The van der Waals surface area contributed by atoms with E-state index < -0.39 is 0 Å². The molecule has 18 heavy (non-hydrogen) atoms. The zero-order chi connectivity index (χ0) is 13.0. The summed E-state index contributed by atoms with van der Waals surface area (Å²) >= 11 is 2.22. The maximum Gasteiger partial charge on any atom is 0.270 e. The van der Waals surface area contributed by atoms with E-state index in [2.05, 4.69) is 37.9 Å². The van der Waals surface area contributed by atoms with Gasteiger partial charge in [-0.1, -0.05) is 12.1 Å². The summed E-state index contributed by atoms with van der Waals surface area (Å²) in [6.45, 7) is 0.407. The fourth-order valence-electron chi connectivity index (χ4n) is 1.37. The van der Waals surface area contributed by atoms with Crippen molar-refractivity contribution in [2.45, 2.75) is 6.54 Å². The lowest BCUT2D eigenvalue weighted by Gasteiger charge is -2.04. The SMILES string of the molecule is O=C(NCc1ccc(I)cc1)c1cc(=O)[nH]cn1. The molecule has 0 bridgehead atoms. The fraction of sp³-hybridized carbons (Fsp3) is 0.0833. The lowest BCUT2D eigenvalue weighted by atomic mass is 10.2. The molecule has 2 N–H and O–H groups in total. The third-order valence-electron chi connectivity index (χ3n) is 2.28. The number of carbonyl (C=O) groups is 1. The van der Waals surface area contributed by atoms with Crippen molar-refractivity contribution in [3.8, 4) is 0 Å². The summed E-state index contributed by atoms with van der Waals surface area (Å²) in [6, 6.07) is 8.98. The highest BCUT2D eigenvalue weighted by molar-refractivity contribution is 14.1. The van der Waals surface area contributed by atoms with Crippen molar-refractivity contribution >= 4 is 28.5 Å². The molecule has 0 spiro atoms. The second kappa shape index (κ2) is 5.76. The number of aromatic amines is 1. The third-order valence-corrected chi connectivity index (χ3v) is 3.00. The molecule has 92 valence electrons. The maximum atomic E-state index is 11.7. The Morgan fingerprint density at radius 1 is 1.33 bits per heavy atom. The minimum atomic E-state index is -0.361. The van der Waals surface area contributed by atoms with Crippen LogP contribution in [0.25, 0.3) is 0 Å². The highest BCUT2D eigenvalue weighted by atomic mass is 127. The Morgan fingerprint density at radius 3 is 2.72 bits per heavy atom. The van der Waals surface area contributed by atoms with E-state index >= 15 is 0 Å². The Hall–Kier alpha value is -1.70. The van der Waals surface area contributed by atoms with Gasteiger partial charge in [0.25, 0.3) is 11.5 Å². The van der Waals surface area contributed by atoms with Crippen LogP contribution in [-0.4, -0.2) is 15.9 Å². The third kappa shape index (κ3) is 3.39. The van der Waals surface area contributed by atoms with E-state index in [-0.39, 0.29) is 17.2 Å². The highest BCUT2D eigenvalue weighted by Gasteiger charge is 2.06. The van der Waals surface area contributed by atoms with Crippen molar-refractivity contribution < 1.29 is 4.79 Å². The molecule has 0 unspecified atom stereocenters. The Balaban J connectivity index is 2.00. The van der Waals surface area contributed by atoms with Crippen LogP contribution < -0.4 is 10.9 Å². The lowest BCUT2D eigenvalue weighted by molar-refractivity contribution is 0.0945. The predicted molar refractivity (Wildman–Crippen MR) is 75.2 cm³/mol. The van der Waals surface area contributed by atoms with Crippen molar-refractivity contribution in [1.82, 2.24) is 15.3 Å². The van der Waals surface area contributed by atoms with Crippen molar-refractivity contribution in [1.29, 1.82) is 0 Å². The average Bonchev–Trinajstić information content (AvgIpc) is 2.38. The van der Waals surface area contributed by atoms with Gasteiger partial charge in [0.15, 0.2) is 0 Å². The molecule has 6 heteroatoms. The van der Waals surface area contributed by atoms with Gasteiger partial charge >= 0.3 is 0 Å². The Morgan fingerprint density at radius 2 is 2.06 bits per heavy atom. The first-order valence-corrected chi connectivity index (χ1v) is 6.30. The number of nitrogens with one attached hydrogen (secondary N) is 2. The Bertz CT molecular complexity index is 607. The lowest BCUT2D eigenvalue weighted by Crippen LogP contribution is -2.25. The van der Waals surface area contributed by atoms with Crippen LogP contribution in [0.5, 0.6) is 0 Å². The normalized spacial score (nSPS) is 10.1. The zero-order valence-corrected chi connectivity index (χ0v) is 11.5. The number of rotatable bonds is 3. The Labute approximate surface area is 117 Å². The summed E-state index contributed by atoms with van der Waals surface area (Å²) in [5, 5.41) is 2.71. The molecule has 1 amide bonds. The molecule has 0 aliphatic rings. The topological polar surface area (TPSA) is 74.8 Å². The number of halogens is 1. The van der Waals surface area contributed by atoms with E-state index in [0.717, 1.165) is 9.13 Å². The van der Waals surface area contributed by atoms with E-state index in [1.54, 1.807) is 0 Å². The van der Waals surface area contributed by atoms with Gasteiger partial charge in [0, 0.05) is 16.2 Å². The van der Waals surface area contributed by atoms with Gasteiger partial charge < -0.3 is 10.3 Å². The Kier molecular flexibility index (Phi) is 4.08. The molecular weight excluding hydrogens is 345 g/mol. The van der Waals surface area contributed by atoms with Gasteiger partial charge in [0.2, 0.25) is 0 Å². The van der Waals surface area contributed by atoms with Crippen molar-refractivity contribution in [3.05, 3.63) is 61.8 Å². The summed E-state index contributed by atoms with van der Waals surface area (Å²) in [7, 11) is 0. The average molecular weight is 355 g/mol. The van der Waals surface area contributed by atoms with Crippen LogP contribution in [0.3, 0.4) is 0 Å². The van der Waals surface area contributed by atoms with Gasteiger partial charge in [0.1, 0.15) is 5.69 Å². The van der Waals surface area contributed by atoms with Crippen LogP contribution in [-0.2, 0) is 6.54 Å². The minimum Gasteiger partial charge on any atom is -0.347 e. The quantitative estimate of drug-likeness (QED) is 0.816. The number of H-pyrrole nitrogens is 1. The second-order valence-electron chi connectivity index (χ2n) is 3.61. The standard InChI is InChI=1S/C12H10IN3O2/c13-9-3-1-8(2-4-9)6-14-12(18)10-5-11(17)16-7-15-10/h1-5,7H,6H2,(H,14,18)(H,15,16,17). The van der Waals surface area contributed by atoms with Crippen LogP contribution in [0.4, 0.5) is 0 Å². The predicted octanol–water partition coefficient (Wildman–Crippen LogP) is 1.30. The summed E-state index contributed by atoms with van der Waals surface area (Å²) in [6.07, 6.45) is 1.21. The molecule has 0 atom stereocenters. The van der Waals surface area contributed by atoms with Gasteiger partial charge in [-0.15, -0.1) is 0 Å². The largest absolute Gasteiger partial charge is 0.347 e. The number of aromatic nitrogens is 2. The van der Waals surface area contributed by atoms with Gasteiger partial charge in [-0.2, -0.15) is 0 Å². The summed E-state index contributed by atoms with van der Waals surface area (Å²) in [5.41, 5.74) is 0.766.